The number of halogens is 1. The van der Waals surface area contributed by atoms with Gasteiger partial charge in [-0.15, -0.1) is 0 Å². The van der Waals surface area contributed by atoms with Gasteiger partial charge in [0.2, 0.25) is 11.8 Å². The third kappa shape index (κ3) is 6.00. The molecule has 1 N–H and O–H groups in total. The van der Waals surface area contributed by atoms with Crippen molar-refractivity contribution in [1.82, 2.24) is 10.2 Å². The number of benzene rings is 1. The minimum Gasteiger partial charge on any atom is -0.356 e. The van der Waals surface area contributed by atoms with Crippen LogP contribution in [0.2, 0.25) is 0 Å². The van der Waals surface area contributed by atoms with E-state index in [1.807, 2.05) is 27.7 Å². The average Bonchev–Trinajstić information content (AvgIpc) is 2.49. The van der Waals surface area contributed by atoms with Crippen LogP contribution in [0.4, 0.5) is 4.39 Å². The third-order valence-electron chi connectivity index (χ3n) is 3.86. The number of carbonyl (C=O) groups excluding carboxylic acids is 2. The molecule has 128 valence electrons. The summed E-state index contributed by atoms with van der Waals surface area (Å²) in [5.74, 6) is -0.297. The Morgan fingerprint density at radius 1 is 1.22 bits per heavy atom. The molecule has 0 aromatic heterocycles. The highest BCUT2D eigenvalue weighted by Crippen LogP contribution is 2.20. The number of hydrogen-bond donors (Lipinski definition) is 1. The number of amides is 2. The molecule has 0 saturated heterocycles. The zero-order valence-electron chi connectivity index (χ0n) is 14.6. The maximum absolute atomic E-state index is 12.9. The summed E-state index contributed by atoms with van der Waals surface area (Å²) in [7, 11) is 1.74. The van der Waals surface area contributed by atoms with Gasteiger partial charge in [-0.3, -0.25) is 9.59 Å². The van der Waals surface area contributed by atoms with Gasteiger partial charge in [0.1, 0.15) is 5.82 Å². The molecule has 0 bridgehead atoms. The van der Waals surface area contributed by atoms with Crippen LogP contribution in [0.15, 0.2) is 24.3 Å². The van der Waals surface area contributed by atoms with Crippen LogP contribution in [0.5, 0.6) is 0 Å². The van der Waals surface area contributed by atoms with Gasteiger partial charge in [-0.25, -0.2) is 4.39 Å². The fraction of sp³-hybridized carbons (Fsp3) is 0.556. The summed E-state index contributed by atoms with van der Waals surface area (Å²) in [5, 5.41) is 2.83. The van der Waals surface area contributed by atoms with E-state index in [0.29, 0.717) is 19.4 Å². The van der Waals surface area contributed by atoms with Crippen LogP contribution in [-0.4, -0.2) is 30.3 Å². The van der Waals surface area contributed by atoms with Crippen LogP contribution in [0, 0.1) is 11.2 Å². The highest BCUT2D eigenvalue weighted by molar-refractivity contribution is 5.81. The van der Waals surface area contributed by atoms with Crippen molar-refractivity contribution in [3.05, 3.63) is 35.6 Å². The van der Waals surface area contributed by atoms with E-state index in [2.05, 4.69) is 5.32 Å². The molecular formula is C18H27FN2O2. The summed E-state index contributed by atoms with van der Waals surface area (Å²) in [6.07, 6.45) is 0.966. The first kappa shape index (κ1) is 19.1. The summed E-state index contributed by atoms with van der Waals surface area (Å²) >= 11 is 0. The Labute approximate surface area is 138 Å². The van der Waals surface area contributed by atoms with E-state index in [4.69, 9.17) is 0 Å². The van der Waals surface area contributed by atoms with Crippen LogP contribution < -0.4 is 5.32 Å². The number of nitrogens with zero attached hydrogens (tertiary/aromatic N) is 1. The van der Waals surface area contributed by atoms with Crippen LogP contribution >= 0.6 is 0 Å². The molecule has 1 aromatic rings. The molecule has 0 radical (unpaired) electrons. The zero-order valence-corrected chi connectivity index (χ0v) is 14.6. The topological polar surface area (TPSA) is 49.4 Å². The number of nitrogens with one attached hydrogen (secondary N) is 1. The minimum atomic E-state index is -0.419. The van der Waals surface area contributed by atoms with E-state index in [9.17, 15) is 14.0 Å². The Hall–Kier alpha value is -1.91. The largest absolute Gasteiger partial charge is 0.356 e. The normalized spacial score (nSPS) is 12.6. The number of carbonyl (C=O) groups is 2. The molecule has 0 fully saturated rings. The third-order valence-corrected chi connectivity index (χ3v) is 3.86. The molecule has 0 saturated carbocycles. The van der Waals surface area contributed by atoms with Gasteiger partial charge in [-0.2, -0.15) is 0 Å². The molecule has 1 aromatic carbocycles. The van der Waals surface area contributed by atoms with E-state index in [0.717, 1.165) is 5.56 Å². The lowest BCUT2D eigenvalue weighted by atomic mass is 9.96. The lowest BCUT2D eigenvalue weighted by Crippen LogP contribution is -2.36. The minimum absolute atomic E-state index is 0.00633. The molecule has 0 aliphatic carbocycles. The van der Waals surface area contributed by atoms with Gasteiger partial charge < -0.3 is 10.2 Å². The molecule has 0 spiro atoms. The number of hydrogen-bond acceptors (Lipinski definition) is 2. The Kier molecular flexibility index (Phi) is 6.73. The molecular weight excluding hydrogens is 295 g/mol. The molecule has 0 heterocycles. The van der Waals surface area contributed by atoms with E-state index < -0.39 is 5.41 Å². The summed E-state index contributed by atoms with van der Waals surface area (Å²) in [6.45, 7) is 7.95. The second-order valence-electron chi connectivity index (χ2n) is 6.84. The van der Waals surface area contributed by atoms with E-state index in [1.165, 1.54) is 12.1 Å². The molecule has 23 heavy (non-hydrogen) atoms. The molecule has 0 aliphatic rings. The average molecular weight is 322 g/mol. The summed E-state index contributed by atoms with van der Waals surface area (Å²) in [4.78, 5) is 25.6. The molecule has 1 atom stereocenters. The summed E-state index contributed by atoms with van der Waals surface area (Å²) in [5.41, 5.74) is 0.473. The van der Waals surface area contributed by atoms with Gasteiger partial charge in [-0.1, -0.05) is 32.9 Å². The van der Waals surface area contributed by atoms with Crippen LogP contribution in [0.3, 0.4) is 0 Å². The maximum atomic E-state index is 12.9. The SMILES string of the molecule is CC(c1ccc(F)cc1)N(C)C(=O)CCCNC(=O)C(C)(C)C. The maximum Gasteiger partial charge on any atom is 0.225 e. The lowest BCUT2D eigenvalue weighted by Gasteiger charge is -2.25. The van der Waals surface area contributed by atoms with Gasteiger partial charge in [0.25, 0.3) is 0 Å². The van der Waals surface area contributed by atoms with Gasteiger partial charge in [0.15, 0.2) is 0 Å². The lowest BCUT2D eigenvalue weighted by molar-refractivity contribution is -0.132. The van der Waals surface area contributed by atoms with Crippen molar-refractivity contribution < 1.29 is 14.0 Å². The van der Waals surface area contributed by atoms with Crippen LogP contribution in [0.25, 0.3) is 0 Å². The molecule has 1 rings (SSSR count). The van der Waals surface area contributed by atoms with Crippen molar-refractivity contribution in [3.63, 3.8) is 0 Å². The molecule has 0 aliphatic heterocycles. The Morgan fingerprint density at radius 3 is 2.30 bits per heavy atom. The monoisotopic (exact) mass is 322 g/mol. The zero-order chi connectivity index (χ0) is 17.6. The molecule has 1 unspecified atom stereocenters. The standard InChI is InChI=1S/C18H27FN2O2/c1-13(14-8-10-15(19)11-9-14)21(5)16(22)7-6-12-20-17(23)18(2,3)4/h8-11,13H,6-7,12H2,1-5H3,(H,20,23). The van der Waals surface area contributed by atoms with E-state index in [-0.39, 0.29) is 23.7 Å². The Balaban J connectivity index is 2.42. The summed E-state index contributed by atoms with van der Waals surface area (Å²) in [6, 6.07) is 6.05. The smallest absolute Gasteiger partial charge is 0.225 e. The Bertz CT molecular complexity index is 535. The van der Waals surface area contributed by atoms with Gasteiger partial charge >= 0.3 is 0 Å². The van der Waals surface area contributed by atoms with E-state index in [1.54, 1.807) is 24.1 Å². The molecule has 4 nitrogen and oxygen atoms in total. The first-order valence-electron chi connectivity index (χ1n) is 7.92. The first-order valence-corrected chi connectivity index (χ1v) is 7.92. The quantitative estimate of drug-likeness (QED) is 0.817. The first-order chi connectivity index (χ1) is 10.6. The number of rotatable bonds is 6. The molecule has 2 amide bonds. The van der Waals surface area contributed by atoms with Gasteiger partial charge in [-0.05, 0) is 31.0 Å². The van der Waals surface area contributed by atoms with Gasteiger partial charge in [0, 0.05) is 25.4 Å². The highest BCUT2D eigenvalue weighted by Gasteiger charge is 2.21. The van der Waals surface area contributed by atoms with Crippen molar-refractivity contribution in [2.24, 2.45) is 5.41 Å². The van der Waals surface area contributed by atoms with Crippen molar-refractivity contribution in [1.29, 1.82) is 0 Å². The second-order valence-corrected chi connectivity index (χ2v) is 6.84. The highest BCUT2D eigenvalue weighted by atomic mass is 19.1. The van der Waals surface area contributed by atoms with Crippen molar-refractivity contribution >= 4 is 11.8 Å². The van der Waals surface area contributed by atoms with E-state index >= 15 is 0 Å². The Morgan fingerprint density at radius 2 is 1.78 bits per heavy atom. The fourth-order valence-corrected chi connectivity index (χ4v) is 2.06. The fourth-order valence-electron chi connectivity index (χ4n) is 2.06. The van der Waals surface area contributed by atoms with Crippen molar-refractivity contribution in [3.8, 4) is 0 Å². The van der Waals surface area contributed by atoms with Crippen molar-refractivity contribution in [2.45, 2.75) is 46.6 Å². The second kappa shape index (κ2) is 8.09. The predicted octanol–water partition coefficient (Wildman–Crippen LogP) is 3.29. The summed E-state index contributed by atoms with van der Waals surface area (Å²) < 4.78 is 12.9. The molecule has 5 heteroatoms. The van der Waals surface area contributed by atoms with Crippen molar-refractivity contribution in [2.75, 3.05) is 13.6 Å². The van der Waals surface area contributed by atoms with Gasteiger partial charge in [0.05, 0.1) is 6.04 Å². The predicted molar refractivity (Wildman–Crippen MR) is 89.3 cm³/mol. The van der Waals surface area contributed by atoms with Crippen LogP contribution in [0.1, 0.15) is 52.1 Å². The van der Waals surface area contributed by atoms with Crippen LogP contribution in [-0.2, 0) is 9.59 Å².